The van der Waals surface area contributed by atoms with Crippen molar-refractivity contribution in [2.75, 3.05) is 0 Å². The smallest absolute Gasteiger partial charge is 0.307 e. The highest BCUT2D eigenvalue weighted by molar-refractivity contribution is 5.74. The normalized spacial score (nSPS) is 26.9. The van der Waals surface area contributed by atoms with Crippen LogP contribution in [0.1, 0.15) is 6.42 Å². The van der Waals surface area contributed by atoms with E-state index in [1.807, 2.05) is 0 Å². The Morgan fingerprint density at radius 1 is 2.00 bits per heavy atom. The maximum absolute atomic E-state index is 10.2. The number of cyclic esters (lactones) is 1. The number of hydrogen-bond acceptors (Lipinski definition) is 3. The van der Waals surface area contributed by atoms with E-state index in [4.69, 9.17) is 5.26 Å². The highest BCUT2D eigenvalue weighted by Gasteiger charge is 2.22. The van der Waals surface area contributed by atoms with E-state index in [0.29, 0.717) is 0 Å². The zero-order valence-corrected chi connectivity index (χ0v) is 4.13. The lowest BCUT2D eigenvalue weighted by Gasteiger charge is -1.92. The van der Waals surface area contributed by atoms with Crippen molar-refractivity contribution in [1.29, 1.82) is 5.26 Å². The van der Waals surface area contributed by atoms with Crippen molar-refractivity contribution in [1.82, 2.24) is 0 Å². The van der Waals surface area contributed by atoms with Crippen molar-refractivity contribution in [2.45, 2.75) is 12.5 Å². The Bertz CT molecular complexity index is 147. The van der Waals surface area contributed by atoms with E-state index in [-0.39, 0.29) is 12.4 Å². The summed E-state index contributed by atoms with van der Waals surface area (Å²) in [5, 5.41) is 8.13. The molecule has 1 atom stereocenters. The summed E-state index contributed by atoms with van der Waals surface area (Å²) in [6.45, 7) is 0. The third-order valence-corrected chi connectivity index (χ3v) is 0.884. The number of esters is 1. The van der Waals surface area contributed by atoms with Gasteiger partial charge >= 0.3 is 5.97 Å². The molecule has 0 aromatic carbocycles. The standard InChI is InChI=1S/C5H4NO2/c6-3-4-1-2-5(7)8-4/h1,4H,2H2. The van der Waals surface area contributed by atoms with Gasteiger partial charge in [-0.1, -0.05) is 0 Å². The Hall–Kier alpha value is -1.04. The SMILES string of the molecule is N#CC1[CH]CC(=O)O1. The van der Waals surface area contributed by atoms with Gasteiger partial charge in [0.15, 0.2) is 6.10 Å². The zero-order valence-electron chi connectivity index (χ0n) is 4.13. The van der Waals surface area contributed by atoms with E-state index in [9.17, 15) is 4.79 Å². The quantitative estimate of drug-likeness (QED) is 0.413. The van der Waals surface area contributed by atoms with Crippen LogP contribution in [0.4, 0.5) is 0 Å². The average molecular weight is 110 g/mol. The summed E-state index contributed by atoms with van der Waals surface area (Å²) in [4.78, 5) is 10.2. The Morgan fingerprint density at radius 2 is 2.75 bits per heavy atom. The maximum atomic E-state index is 10.2. The fourth-order valence-electron chi connectivity index (χ4n) is 0.520. The predicted octanol–water partition coefficient (Wildman–Crippen LogP) is 0.0298. The fourth-order valence-corrected chi connectivity index (χ4v) is 0.520. The number of ether oxygens (including phenoxy) is 1. The first kappa shape index (κ1) is 5.10. The lowest BCUT2D eigenvalue weighted by Crippen LogP contribution is -2.02. The second kappa shape index (κ2) is 1.83. The molecule has 0 spiro atoms. The third-order valence-electron chi connectivity index (χ3n) is 0.884. The van der Waals surface area contributed by atoms with Crippen LogP contribution < -0.4 is 0 Å². The Kier molecular flexibility index (Phi) is 1.17. The summed E-state index contributed by atoms with van der Waals surface area (Å²) in [6.07, 6.45) is 1.23. The van der Waals surface area contributed by atoms with Crippen molar-refractivity contribution in [3.63, 3.8) is 0 Å². The van der Waals surface area contributed by atoms with E-state index in [2.05, 4.69) is 4.74 Å². The van der Waals surface area contributed by atoms with Crippen LogP contribution in [0.5, 0.6) is 0 Å². The molecule has 3 heteroatoms. The lowest BCUT2D eigenvalue weighted by molar-refractivity contribution is -0.139. The number of rotatable bonds is 0. The van der Waals surface area contributed by atoms with Crippen LogP contribution in [0.25, 0.3) is 0 Å². The van der Waals surface area contributed by atoms with Crippen LogP contribution >= 0.6 is 0 Å². The molecule has 1 radical (unpaired) electrons. The monoisotopic (exact) mass is 110 g/mol. The molecule has 1 rings (SSSR count). The second-order valence-electron chi connectivity index (χ2n) is 1.48. The topological polar surface area (TPSA) is 50.1 Å². The Balaban J connectivity index is 2.47. The molecule has 0 aromatic rings. The third kappa shape index (κ3) is 0.784. The van der Waals surface area contributed by atoms with E-state index < -0.39 is 6.10 Å². The summed E-state index contributed by atoms with van der Waals surface area (Å²) in [6, 6.07) is 1.80. The summed E-state index contributed by atoms with van der Waals surface area (Å²) >= 11 is 0. The molecule has 0 saturated carbocycles. The molecule has 1 heterocycles. The molecule has 3 nitrogen and oxygen atoms in total. The largest absolute Gasteiger partial charge is 0.447 e. The van der Waals surface area contributed by atoms with Gasteiger partial charge in [-0.15, -0.1) is 0 Å². The number of nitrogens with zero attached hydrogens (tertiary/aromatic N) is 1. The summed E-state index contributed by atoms with van der Waals surface area (Å²) in [7, 11) is 0. The molecule has 0 aliphatic carbocycles. The first-order chi connectivity index (χ1) is 3.83. The van der Waals surface area contributed by atoms with E-state index in [1.165, 1.54) is 0 Å². The summed E-state index contributed by atoms with van der Waals surface area (Å²) < 4.78 is 4.45. The molecule has 0 aromatic heterocycles. The Labute approximate surface area is 46.9 Å². The molecule has 0 N–H and O–H groups in total. The van der Waals surface area contributed by atoms with Crippen LogP contribution in [-0.4, -0.2) is 12.1 Å². The van der Waals surface area contributed by atoms with Crippen LogP contribution in [0.3, 0.4) is 0 Å². The van der Waals surface area contributed by atoms with Crippen molar-refractivity contribution in [2.24, 2.45) is 0 Å². The van der Waals surface area contributed by atoms with Gasteiger partial charge in [-0.05, 0) is 0 Å². The van der Waals surface area contributed by atoms with Crippen LogP contribution in [0.2, 0.25) is 0 Å². The van der Waals surface area contributed by atoms with Crippen LogP contribution in [-0.2, 0) is 9.53 Å². The average Bonchev–Trinajstić information content (AvgIpc) is 2.14. The van der Waals surface area contributed by atoms with Gasteiger partial charge in [0.2, 0.25) is 0 Å². The molecule has 0 amide bonds. The molecule has 1 fully saturated rings. The van der Waals surface area contributed by atoms with Crippen molar-refractivity contribution >= 4 is 5.97 Å². The van der Waals surface area contributed by atoms with Crippen molar-refractivity contribution in [3.8, 4) is 6.07 Å². The van der Waals surface area contributed by atoms with Gasteiger partial charge in [0.1, 0.15) is 6.07 Å². The number of hydrogen-bond donors (Lipinski definition) is 0. The van der Waals surface area contributed by atoms with Gasteiger partial charge in [-0.2, -0.15) is 5.26 Å². The highest BCUT2D eigenvalue weighted by Crippen LogP contribution is 2.10. The van der Waals surface area contributed by atoms with Gasteiger partial charge < -0.3 is 4.74 Å². The van der Waals surface area contributed by atoms with Gasteiger partial charge in [-0.3, -0.25) is 4.79 Å². The van der Waals surface area contributed by atoms with Gasteiger partial charge in [0.05, 0.1) is 6.42 Å². The van der Waals surface area contributed by atoms with Crippen LogP contribution in [0, 0.1) is 17.8 Å². The van der Waals surface area contributed by atoms with E-state index in [0.717, 1.165) is 0 Å². The number of carbonyl (C=O) groups is 1. The predicted molar refractivity (Wildman–Crippen MR) is 24.4 cm³/mol. The summed E-state index contributed by atoms with van der Waals surface area (Å²) in [5.41, 5.74) is 0. The number of nitriles is 1. The van der Waals surface area contributed by atoms with Gasteiger partial charge in [-0.25, -0.2) is 0 Å². The molecule has 41 valence electrons. The minimum Gasteiger partial charge on any atom is -0.447 e. The van der Waals surface area contributed by atoms with E-state index in [1.54, 1.807) is 12.5 Å². The second-order valence-corrected chi connectivity index (χ2v) is 1.48. The van der Waals surface area contributed by atoms with Gasteiger partial charge in [0.25, 0.3) is 0 Å². The minimum atomic E-state index is -0.595. The first-order valence-electron chi connectivity index (χ1n) is 2.25. The molecule has 1 aliphatic heterocycles. The van der Waals surface area contributed by atoms with Crippen molar-refractivity contribution < 1.29 is 9.53 Å². The van der Waals surface area contributed by atoms with Gasteiger partial charge in [0, 0.05) is 6.42 Å². The molecule has 1 unspecified atom stereocenters. The molecule has 1 aliphatic rings. The van der Waals surface area contributed by atoms with E-state index >= 15 is 0 Å². The first-order valence-corrected chi connectivity index (χ1v) is 2.25. The maximum Gasteiger partial charge on any atom is 0.307 e. The minimum absolute atomic E-state index is 0.276. The molecule has 0 bridgehead atoms. The molecule has 8 heavy (non-hydrogen) atoms. The fraction of sp³-hybridized carbons (Fsp3) is 0.400. The number of carbonyl (C=O) groups excluding carboxylic acids is 1. The molecule has 1 saturated heterocycles. The van der Waals surface area contributed by atoms with Crippen LogP contribution in [0.15, 0.2) is 0 Å². The van der Waals surface area contributed by atoms with Crippen molar-refractivity contribution in [3.05, 3.63) is 6.42 Å². The summed E-state index contributed by atoms with van der Waals surface area (Å²) in [5.74, 6) is -0.309. The Morgan fingerprint density at radius 3 is 3.00 bits per heavy atom. The zero-order chi connectivity index (χ0) is 5.98. The highest BCUT2D eigenvalue weighted by atomic mass is 16.5. The lowest BCUT2D eigenvalue weighted by atomic mass is 10.3. The molecular formula is C5H4NO2. The molecular weight excluding hydrogens is 106 g/mol.